The van der Waals surface area contributed by atoms with Gasteiger partial charge in [-0.15, -0.1) is 0 Å². The van der Waals surface area contributed by atoms with E-state index in [1.54, 1.807) is 6.92 Å². The van der Waals surface area contributed by atoms with Crippen LogP contribution in [0.5, 0.6) is 0 Å². The summed E-state index contributed by atoms with van der Waals surface area (Å²) >= 11 is 0. The van der Waals surface area contributed by atoms with Crippen LogP contribution in [0.4, 0.5) is 0 Å². The maximum absolute atomic E-state index is 11.4. The molecule has 1 atom stereocenters. The normalized spacial score (nSPS) is 14.0. The lowest BCUT2D eigenvalue weighted by Crippen LogP contribution is -2.29. The first-order valence-corrected chi connectivity index (χ1v) is 7.10. The average Bonchev–Trinajstić information content (AvgIpc) is 2.14. The van der Waals surface area contributed by atoms with Gasteiger partial charge < -0.3 is 5.11 Å². The number of carboxylic acids is 1. The molecule has 16 heavy (non-hydrogen) atoms. The van der Waals surface area contributed by atoms with E-state index in [1.165, 1.54) is 0 Å². The van der Waals surface area contributed by atoms with Gasteiger partial charge in [0.1, 0.15) is 0 Å². The third-order valence-electron chi connectivity index (χ3n) is 2.28. The maximum Gasteiger partial charge on any atom is 0.306 e. The number of carboxylic acid groups (broad SMARTS) is 1. The lowest BCUT2D eigenvalue weighted by molar-refractivity contribution is -0.141. The van der Waals surface area contributed by atoms with E-state index < -0.39 is 21.9 Å². The molecule has 0 bridgehead atoms. The first-order chi connectivity index (χ1) is 7.24. The predicted molar refractivity (Wildman–Crippen MR) is 62.7 cm³/mol. The highest BCUT2D eigenvalue weighted by atomic mass is 32.2. The predicted octanol–water partition coefficient (Wildman–Crippen LogP) is 1.06. The first-order valence-electron chi connectivity index (χ1n) is 5.44. The van der Waals surface area contributed by atoms with Crippen molar-refractivity contribution in [2.75, 3.05) is 12.3 Å². The molecule has 0 spiro atoms. The van der Waals surface area contributed by atoms with Gasteiger partial charge in [0, 0.05) is 6.54 Å². The minimum Gasteiger partial charge on any atom is -0.481 e. The molecule has 2 N–H and O–H groups in total. The smallest absolute Gasteiger partial charge is 0.306 e. The number of hydrogen-bond acceptors (Lipinski definition) is 3. The highest BCUT2D eigenvalue weighted by Gasteiger charge is 2.14. The van der Waals surface area contributed by atoms with Crippen molar-refractivity contribution in [3.8, 4) is 0 Å². The largest absolute Gasteiger partial charge is 0.481 e. The standard InChI is InChI=1S/C10H21NO4S/c1-8(2)5-7-16(14,15)11-6-4-9(3)10(12)13/h8-9,11H,4-7H2,1-3H3,(H,12,13). The second kappa shape index (κ2) is 6.85. The minimum atomic E-state index is -3.24. The molecular weight excluding hydrogens is 230 g/mol. The minimum absolute atomic E-state index is 0.103. The van der Waals surface area contributed by atoms with Crippen LogP contribution in [-0.2, 0) is 14.8 Å². The Balaban J connectivity index is 3.87. The second-order valence-electron chi connectivity index (χ2n) is 4.42. The fraction of sp³-hybridized carbons (Fsp3) is 0.900. The van der Waals surface area contributed by atoms with E-state index in [9.17, 15) is 13.2 Å². The molecule has 5 nitrogen and oxygen atoms in total. The van der Waals surface area contributed by atoms with Gasteiger partial charge in [-0.3, -0.25) is 4.79 Å². The van der Waals surface area contributed by atoms with Gasteiger partial charge in [-0.25, -0.2) is 13.1 Å². The van der Waals surface area contributed by atoms with Crippen LogP contribution in [0.15, 0.2) is 0 Å². The molecule has 0 aromatic carbocycles. The third kappa shape index (κ3) is 7.64. The molecule has 0 fully saturated rings. The van der Waals surface area contributed by atoms with Crippen LogP contribution in [0.2, 0.25) is 0 Å². The van der Waals surface area contributed by atoms with Gasteiger partial charge in [0.25, 0.3) is 0 Å². The summed E-state index contributed by atoms with van der Waals surface area (Å²) in [6.07, 6.45) is 0.931. The second-order valence-corrected chi connectivity index (χ2v) is 6.35. The molecule has 0 saturated carbocycles. The number of hydrogen-bond donors (Lipinski definition) is 2. The van der Waals surface area contributed by atoms with Crippen LogP contribution >= 0.6 is 0 Å². The summed E-state index contributed by atoms with van der Waals surface area (Å²) in [5, 5.41) is 8.61. The maximum atomic E-state index is 11.4. The van der Waals surface area contributed by atoms with Crippen LogP contribution in [-0.4, -0.2) is 31.8 Å². The number of sulfonamides is 1. The zero-order chi connectivity index (χ0) is 12.8. The molecule has 0 saturated heterocycles. The highest BCUT2D eigenvalue weighted by Crippen LogP contribution is 2.03. The molecule has 1 unspecified atom stereocenters. The summed E-state index contributed by atoms with van der Waals surface area (Å²) in [5.41, 5.74) is 0. The number of carbonyl (C=O) groups is 1. The molecule has 6 heteroatoms. The van der Waals surface area contributed by atoms with Gasteiger partial charge in [-0.2, -0.15) is 0 Å². The topological polar surface area (TPSA) is 83.5 Å². The fourth-order valence-electron chi connectivity index (χ4n) is 1.02. The van der Waals surface area contributed by atoms with Gasteiger partial charge in [-0.1, -0.05) is 20.8 Å². The molecule has 0 aliphatic rings. The van der Waals surface area contributed by atoms with Crippen LogP contribution in [0, 0.1) is 11.8 Å². The van der Waals surface area contributed by atoms with E-state index in [4.69, 9.17) is 5.11 Å². The lowest BCUT2D eigenvalue weighted by Gasteiger charge is -2.09. The SMILES string of the molecule is CC(C)CCS(=O)(=O)NCCC(C)C(=O)O. The summed E-state index contributed by atoms with van der Waals surface area (Å²) in [4.78, 5) is 10.5. The Kier molecular flexibility index (Phi) is 6.59. The molecule has 96 valence electrons. The summed E-state index contributed by atoms with van der Waals surface area (Å²) in [5.74, 6) is -0.977. The van der Waals surface area contributed by atoms with Crippen molar-refractivity contribution in [2.45, 2.75) is 33.6 Å². The molecule has 0 aliphatic heterocycles. The quantitative estimate of drug-likeness (QED) is 0.675. The molecule has 0 heterocycles. The van der Waals surface area contributed by atoms with Crippen molar-refractivity contribution in [1.29, 1.82) is 0 Å². The number of nitrogens with one attached hydrogen (secondary N) is 1. The average molecular weight is 251 g/mol. The Labute approximate surface area is 97.3 Å². The molecule has 0 aromatic heterocycles. The van der Waals surface area contributed by atoms with E-state index in [-0.39, 0.29) is 12.3 Å². The molecular formula is C10H21NO4S. The number of aliphatic carboxylic acids is 1. The van der Waals surface area contributed by atoms with Gasteiger partial charge in [0.2, 0.25) is 10.0 Å². The summed E-state index contributed by atoms with van der Waals surface area (Å²) in [6, 6.07) is 0. The van der Waals surface area contributed by atoms with Gasteiger partial charge >= 0.3 is 5.97 Å². The molecule has 0 amide bonds. The Morgan fingerprint density at radius 3 is 2.25 bits per heavy atom. The van der Waals surface area contributed by atoms with Crippen LogP contribution < -0.4 is 4.72 Å². The van der Waals surface area contributed by atoms with Crippen molar-refractivity contribution >= 4 is 16.0 Å². The van der Waals surface area contributed by atoms with Gasteiger partial charge in [-0.05, 0) is 18.8 Å². The Morgan fingerprint density at radius 2 is 1.81 bits per heavy atom. The summed E-state index contributed by atoms with van der Waals surface area (Å²) in [7, 11) is -3.24. The van der Waals surface area contributed by atoms with Crippen LogP contribution in [0.1, 0.15) is 33.6 Å². The molecule has 0 rings (SSSR count). The zero-order valence-electron chi connectivity index (χ0n) is 10.1. The lowest BCUT2D eigenvalue weighted by atomic mass is 10.1. The van der Waals surface area contributed by atoms with Gasteiger partial charge in [0.05, 0.1) is 11.7 Å². The molecule has 0 radical (unpaired) electrons. The monoisotopic (exact) mass is 251 g/mol. The Bertz CT molecular complexity index is 311. The summed E-state index contributed by atoms with van der Waals surface area (Å²) < 4.78 is 25.3. The van der Waals surface area contributed by atoms with Crippen LogP contribution in [0.3, 0.4) is 0 Å². The van der Waals surface area contributed by atoms with Crippen molar-refractivity contribution in [3.63, 3.8) is 0 Å². The van der Waals surface area contributed by atoms with Gasteiger partial charge in [0.15, 0.2) is 0 Å². The van der Waals surface area contributed by atoms with Crippen molar-refractivity contribution in [3.05, 3.63) is 0 Å². The van der Waals surface area contributed by atoms with E-state index in [0.717, 1.165) is 0 Å². The van der Waals surface area contributed by atoms with Crippen molar-refractivity contribution in [1.82, 2.24) is 4.72 Å². The van der Waals surface area contributed by atoms with Crippen molar-refractivity contribution in [2.24, 2.45) is 11.8 Å². The summed E-state index contributed by atoms with van der Waals surface area (Å²) in [6.45, 7) is 5.67. The van der Waals surface area contributed by atoms with E-state index in [1.807, 2.05) is 13.8 Å². The van der Waals surface area contributed by atoms with E-state index in [2.05, 4.69) is 4.72 Å². The Hall–Kier alpha value is -0.620. The van der Waals surface area contributed by atoms with Crippen molar-refractivity contribution < 1.29 is 18.3 Å². The zero-order valence-corrected chi connectivity index (χ0v) is 10.9. The van der Waals surface area contributed by atoms with Crippen LogP contribution in [0.25, 0.3) is 0 Å². The number of rotatable bonds is 8. The highest BCUT2D eigenvalue weighted by molar-refractivity contribution is 7.89. The first kappa shape index (κ1) is 15.4. The third-order valence-corrected chi connectivity index (χ3v) is 3.70. The van der Waals surface area contributed by atoms with E-state index >= 15 is 0 Å². The fourth-order valence-corrected chi connectivity index (χ4v) is 2.37. The molecule has 0 aliphatic carbocycles. The van der Waals surface area contributed by atoms with E-state index in [0.29, 0.717) is 18.8 Å². The Morgan fingerprint density at radius 1 is 1.25 bits per heavy atom. The molecule has 0 aromatic rings.